The van der Waals surface area contributed by atoms with E-state index in [1.54, 1.807) is 0 Å². The lowest BCUT2D eigenvalue weighted by molar-refractivity contribution is 0.00130. The summed E-state index contributed by atoms with van der Waals surface area (Å²) in [5.74, 6) is 4.23. The van der Waals surface area contributed by atoms with Crippen LogP contribution in [0.15, 0.2) is 0 Å². The van der Waals surface area contributed by atoms with Gasteiger partial charge in [0, 0.05) is 16.3 Å². The van der Waals surface area contributed by atoms with Crippen molar-refractivity contribution in [2.24, 2.45) is 0 Å². The van der Waals surface area contributed by atoms with Crippen molar-refractivity contribution >= 4 is 16.4 Å². The van der Waals surface area contributed by atoms with Crippen LogP contribution in [0.1, 0.15) is 40.5 Å². The van der Waals surface area contributed by atoms with Crippen LogP contribution in [0.3, 0.4) is 0 Å². The van der Waals surface area contributed by atoms with E-state index in [4.69, 9.17) is 0 Å². The second-order valence-corrected chi connectivity index (χ2v) is 7.95. The molecule has 0 spiro atoms. The van der Waals surface area contributed by atoms with Crippen molar-refractivity contribution in [2.75, 3.05) is 13.3 Å². The molecule has 1 aliphatic heterocycles. The molecule has 1 unspecified atom stereocenters. The Morgan fingerprint density at radius 1 is 1.14 bits per heavy atom. The van der Waals surface area contributed by atoms with Crippen LogP contribution >= 0.6 is 10.5 Å². The van der Waals surface area contributed by atoms with Gasteiger partial charge in [0.05, 0.1) is 0 Å². The van der Waals surface area contributed by atoms with Crippen molar-refractivity contribution in [2.45, 2.75) is 56.9 Å². The molecular formula is C12H25NS. The maximum atomic E-state index is 4.23. The molecule has 1 saturated heterocycles. The molecule has 0 saturated carbocycles. The highest BCUT2D eigenvalue weighted by molar-refractivity contribution is 8.14. The minimum atomic E-state index is 0.313. The summed E-state index contributed by atoms with van der Waals surface area (Å²) >= 11 is 0. The first-order valence-electron chi connectivity index (χ1n) is 5.35. The fourth-order valence-electron chi connectivity index (χ4n) is 2.56. The van der Waals surface area contributed by atoms with Crippen LogP contribution in [0.25, 0.3) is 0 Å². The molecule has 0 radical (unpaired) electrons. The van der Waals surface area contributed by atoms with Gasteiger partial charge in [-0.05, 0) is 53.8 Å². The van der Waals surface area contributed by atoms with Gasteiger partial charge in [-0.2, -0.15) is 10.5 Å². The minimum Gasteiger partial charge on any atom is -0.296 e. The van der Waals surface area contributed by atoms with Gasteiger partial charge < -0.3 is 0 Å². The van der Waals surface area contributed by atoms with E-state index in [1.165, 1.54) is 12.8 Å². The number of nitrogens with zero attached hydrogens (tertiary/aromatic N) is 1. The normalized spacial score (nSPS) is 30.1. The molecule has 0 aliphatic carbocycles. The Labute approximate surface area is 91.8 Å². The summed E-state index contributed by atoms with van der Waals surface area (Å²) in [5.41, 5.74) is 0.650. The van der Waals surface area contributed by atoms with E-state index in [9.17, 15) is 0 Å². The quantitative estimate of drug-likeness (QED) is 0.608. The third-order valence-electron chi connectivity index (χ3n) is 3.84. The number of rotatable bonds is 1. The Morgan fingerprint density at radius 3 is 1.79 bits per heavy atom. The molecule has 14 heavy (non-hydrogen) atoms. The summed E-state index contributed by atoms with van der Waals surface area (Å²) in [6, 6.07) is 0. The van der Waals surface area contributed by atoms with Crippen LogP contribution in [0.4, 0.5) is 0 Å². The van der Waals surface area contributed by atoms with Gasteiger partial charge in [-0.15, -0.1) is 0 Å². The second-order valence-electron chi connectivity index (χ2n) is 5.91. The Balaban J connectivity index is 2.91. The predicted molar refractivity (Wildman–Crippen MR) is 69.6 cm³/mol. The summed E-state index contributed by atoms with van der Waals surface area (Å²) in [4.78, 5) is 2.53. The molecule has 1 nitrogen and oxygen atoms in total. The van der Waals surface area contributed by atoms with Gasteiger partial charge >= 0.3 is 0 Å². The van der Waals surface area contributed by atoms with E-state index in [1.807, 2.05) is 0 Å². The first kappa shape index (κ1) is 12.3. The van der Waals surface area contributed by atoms with Gasteiger partial charge in [-0.1, -0.05) is 5.87 Å². The van der Waals surface area contributed by atoms with Crippen molar-refractivity contribution in [3.05, 3.63) is 0 Å². The van der Waals surface area contributed by atoms with Crippen molar-refractivity contribution < 1.29 is 0 Å². The van der Waals surface area contributed by atoms with Crippen molar-refractivity contribution in [3.63, 3.8) is 0 Å². The number of piperidine rings is 1. The largest absolute Gasteiger partial charge is 0.296 e. The molecule has 1 fully saturated rings. The molecule has 1 rings (SSSR count). The smallest absolute Gasteiger partial charge is 0.0165 e. The van der Waals surface area contributed by atoms with E-state index >= 15 is 0 Å². The lowest BCUT2D eigenvalue weighted by Gasteiger charge is -2.54. The van der Waals surface area contributed by atoms with Gasteiger partial charge in [0.1, 0.15) is 0 Å². The van der Waals surface area contributed by atoms with E-state index in [0.29, 0.717) is 21.6 Å². The van der Waals surface area contributed by atoms with Gasteiger partial charge in [-0.3, -0.25) is 4.90 Å². The van der Waals surface area contributed by atoms with Gasteiger partial charge in [0.15, 0.2) is 0 Å². The second kappa shape index (κ2) is 3.64. The highest BCUT2D eigenvalue weighted by atomic mass is 32.2. The van der Waals surface area contributed by atoms with Crippen LogP contribution in [0.5, 0.6) is 0 Å². The minimum absolute atomic E-state index is 0.313. The monoisotopic (exact) mass is 215 g/mol. The zero-order valence-electron chi connectivity index (χ0n) is 10.6. The number of hydrogen-bond donors (Lipinski definition) is 0. The van der Waals surface area contributed by atoms with Crippen molar-refractivity contribution in [3.8, 4) is 0 Å². The third kappa shape index (κ3) is 2.22. The van der Waals surface area contributed by atoms with E-state index in [0.717, 1.165) is 5.25 Å². The molecular weight excluding hydrogens is 190 g/mol. The number of hydrogen-bond acceptors (Lipinski definition) is 1. The molecule has 2 heteroatoms. The average Bonchev–Trinajstić information content (AvgIpc) is 1.98. The first-order chi connectivity index (χ1) is 6.17. The predicted octanol–water partition coefficient (Wildman–Crippen LogP) is 2.97. The summed E-state index contributed by atoms with van der Waals surface area (Å²) < 4.78 is 0. The Kier molecular flexibility index (Phi) is 3.18. The lowest BCUT2D eigenvalue weighted by Crippen LogP contribution is -2.59. The summed E-state index contributed by atoms with van der Waals surface area (Å²) in [7, 11) is 2.57. The zero-order valence-corrected chi connectivity index (χ0v) is 11.4. The van der Waals surface area contributed by atoms with Gasteiger partial charge in [0.2, 0.25) is 0 Å². The molecule has 1 heterocycles. The maximum absolute atomic E-state index is 4.23. The standard InChI is InChI=1S/C12H25NS/c1-11(2)8-10(14(6)7)9-12(3,4)13(11)5/h10H,6,8-9H2,1-5,7H3. The Morgan fingerprint density at radius 2 is 1.50 bits per heavy atom. The van der Waals surface area contributed by atoms with E-state index < -0.39 is 0 Å². The Hall–Kier alpha value is 0.180. The van der Waals surface area contributed by atoms with Crippen LogP contribution < -0.4 is 0 Å². The highest BCUT2D eigenvalue weighted by Gasteiger charge is 2.42. The highest BCUT2D eigenvalue weighted by Crippen LogP contribution is 2.42. The van der Waals surface area contributed by atoms with Crippen molar-refractivity contribution in [1.82, 2.24) is 4.90 Å². The third-order valence-corrected chi connectivity index (χ3v) is 5.31. The zero-order chi connectivity index (χ0) is 11.1. The van der Waals surface area contributed by atoms with Gasteiger partial charge in [-0.25, -0.2) is 0 Å². The number of likely N-dealkylation sites (tertiary alicyclic amines) is 1. The first-order valence-corrected chi connectivity index (χ1v) is 7.22. The molecule has 0 bridgehead atoms. The summed E-state index contributed by atoms with van der Waals surface area (Å²) in [6.07, 6.45) is 4.86. The summed E-state index contributed by atoms with van der Waals surface area (Å²) in [6.45, 7) is 9.42. The topological polar surface area (TPSA) is 3.24 Å². The molecule has 1 atom stereocenters. The molecule has 0 N–H and O–H groups in total. The fraction of sp³-hybridized carbons (Fsp3) is 0.917. The fourth-order valence-corrected chi connectivity index (χ4v) is 3.95. The average molecular weight is 215 g/mol. The van der Waals surface area contributed by atoms with E-state index in [2.05, 4.69) is 51.8 Å². The van der Waals surface area contributed by atoms with Gasteiger partial charge in [0.25, 0.3) is 0 Å². The molecule has 0 amide bonds. The molecule has 0 aromatic carbocycles. The van der Waals surface area contributed by atoms with Crippen LogP contribution in [0, 0.1) is 0 Å². The molecule has 84 valence electrons. The molecule has 1 aliphatic rings. The lowest BCUT2D eigenvalue weighted by atomic mass is 9.80. The van der Waals surface area contributed by atoms with Crippen LogP contribution in [-0.2, 0) is 0 Å². The Bertz CT molecular complexity index is 225. The van der Waals surface area contributed by atoms with Crippen LogP contribution in [0.2, 0.25) is 0 Å². The molecule has 0 aromatic rings. The van der Waals surface area contributed by atoms with Crippen molar-refractivity contribution in [1.29, 1.82) is 0 Å². The SMILES string of the molecule is C=S(C)C1CC(C)(C)N(C)C(C)(C)C1. The maximum Gasteiger partial charge on any atom is 0.0165 e. The summed E-state index contributed by atoms with van der Waals surface area (Å²) in [5, 5.41) is 0.802. The van der Waals surface area contributed by atoms with Crippen LogP contribution in [-0.4, -0.2) is 40.4 Å². The van der Waals surface area contributed by atoms with E-state index in [-0.39, 0.29) is 0 Å². The molecule has 0 aromatic heterocycles.